The molecule has 3 aromatic rings. The number of hydrogen-bond acceptors (Lipinski definition) is 6. The molecule has 0 bridgehead atoms. The minimum atomic E-state index is -2.04. The van der Waals surface area contributed by atoms with Crippen molar-refractivity contribution in [2.45, 2.75) is 26.1 Å². The fraction of sp³-hybridized carbons (Fsp3) is 0.276. The summed E-state index contributed by atoms with van der Waals surface area (Å²) in [5.74, 6) is -3.27. The number of Topliss-reactive ketones (excluding diaryl/α,β-unsaturated/α-hetero) is 1. The van der Waals surface area contributed by atoms with E-state index in [-0.39, 0.29) is 19.0 Å². The summed E-state index contributed by atoms with van der Waals surface area (Å²) in [7, 11) is 0. The van der Waals surface area contributed by atoms with Crippen molar-refractivity contribution < 1.29 is 28.6 Å². The van der Waals surface area contributed by atoms with Gasteiger partial charge in [-0.2, -0.15) is 0 Å². The van der Waals surface area contributed by atoms with Crippen LogP contribution in [0.5, 0.6) is 0 Å². The van der Waals surface area contributed by atoms with Crippen molar-refractivity contribution in [3.05, 3.63) is 108 Å². The minimum absolute atomic E-state index is 0.0315. The maximum absolute atomic E-state index is 14.1. The number of rotatable bonds is 8. The van der Waals surface area contributed by atoms with Gasteiger partial charge in [0, 0.05) is 5.56 Å². The van der Waals surface area contributed by atoms with Gasteiger partial charge < -0.3 is 14.2 Å². The summed E-state index contributed by atoms with van der Waals surface area (Å²) in [5.41, 5.74) is -0.411. The molecular formula is C29H28O6. The van der Waals surface area contributed by atoms with Gasteiger partial charge in [0.1, 0.15) is 6.10 Å². The average molecular weight is 473 g/mol. The topological polar surface area (TPSA) is 78.9 Å². The van der Waals surface area contributed by atoms with Gasteiger partial charge in [-0.25, -0.2) is 0 Å². The Balaban J connectivity index is 2.01. The van der Waals surface area contributed by atoms with Crippen molar-refractivity contribution in [1.29, 1.82) is 0 Å². The highest BCUT2D eigenvalue weighted by molar-refractivity contribution is 6.10. The Labute approximate surface area is 204 Å². The molecule has 1 saturated heterocycles. The van der Waals surface area contributed by atoms with Gasteiger partial charge in [0.05, 0.1) is 25.2 Å². The third-order valence-electron chi connectivity index (χ3n) is 6.29. The summed E-state index contributed by atoms with van der Waals surface area (Å²) < 4.78 is 17.5. The molecule has 1 aliphatic rings. The van der Waals surface area contributed by atoms with E-state index < -0.39 is 35.5 Å². The highest BCUT2D eigenvalue weighted by Crippen LogP contribution is 2.59. The van der Waals surface area contributed by atoms with E-state index >= 15 is 0 Å². The molecule has 0 aliphatic carbocycles. The van der Waals surface area contributed by atoms with E-state index in [1.165, 1.54) is 0 Å². The maximum Gasteiger partial charge on any atom is 0.327 e. The Morgan fingerprint density at radius 1 is 0.714 bits per heavy atom. The second-order valence-electron chi connectivity index (χ2n) is 8.28. The summed E-state index contributed by atoms with van der Waals surface area (Å²) in [4.78, 5) is 41.8. The maximum atomic E-state index is 14.1. The fourth-order valence-corrected chi connectivity index (χ4v) is 4.80. The second kappa shape index (κ2) is 10.7. The third-order valence-corrected chi connectivity index (χ3v) is 6.29. The van der Waals surface area contributed by atoms with Gasteiger partial charge in [-0.05, 0) is 25.0 Å². The lowest BCUT2D eigenvalue weighted by Crippen LogP contribution is -2.51. The Morgan fingerprint density at radius 2 is 1.17 bits per heavy atom. The minimum Gasteiger partial charge on any atom is -0.465 e. The average Bonchev–Trinajstić information content (AvgIpc) is 3.27. The van der Waals surface area contributed by atoms with Crippen LogP contribution >= 0.6 is 0 Å². The van der Waals surface area contributed by atoms with Crippen LogP contribution in [0.2, 0.25) is 0 Å². The van der Waals surface area contributed by atoms with Crippen LogP contribution < -0.4 is 0 Å². The zero-order valence-corrected chi connectivity index (χ0v) is 19.8. The molecule has 3 atom stereocenters. The van der Waals surface area contributed by atoms with Crippen molar-refractivity contribution in [3.8, 4) is 0 Å². The summed E-state index contributed by atoms with van der Waals surface area (Å²) in [6.45, 7) is 3.38. The van der Waals surface area contributed by atoms with Gasteiger partial charge in [0.25, 0.3) is 0 Å². The molecule has 6 nitrogen and oxygen atoms in total. The van der Waals surface area contributed by atoms with E-state index in [0.717, 1.165) is 0 Å². The first kappa shape index (κ1) is 24.4. The molecule has 0 aromatic heterocycles. The molecule has 3 aromatic carbocycles. The second-order valence-corrected chi connectivity index (χ2v) is 8.28. The molecule has 0 amide bonds. The number of esters is 2. The summed E-state index contributed by atoms with van der Waals surface area (Å²) in [5, 5.41) is 0. The number of carbonyl (C=O) groups is 3. The SMILES string of the molecule is CCOC(=O)C1(C(=O)OCC)[C@@H](c2ccccc2)O[C@@H](c2ccccc2)[C@H]1C(=O)c1ccccc1. The number of hydrogen-bond donors (Lipinski definition) is 0. The lowest BCUT2D eigenvalue weighted by molar-refractivity contribution is -0.178. The molecule has 0 spiro atoms. The lowest BCUT2D eigenvalue weighted by atomic mass is 9.66. The molecule has 0 saturated carbocycles. The number of ether oxygens (including phenoxy) is 3. The van der Waals surface area contributed by atoms with Crippen LogP contribution in [0.4, 0.5) is 0 Å². The lowest BCUT2D eigenvalue weighted by Gasteiger charge is -2.33. The van der Waals surface area contributed by atoms with E-state index in [9.17, 15) is 14.4 Å². The Kier molecular flexibility index (Phi) is 7.42. The highest BCUT2D eigenvalue weighted by atomic mass is 16.6. The van der Waals surface area contributed by atoms with Crippen LogP contribution in [0.15, 0.2) is 91.0 Å². The molecule has 6 heteroatoms. The van der Waals surface area contributed by atoms with Crippen molar-refractivity contribution in [2.75, 3.05) is 13.2 Å². The standard InChI is InChI=1S/C29H28O6/c1-3-33-27(31)29(28(32)34-4-2)23(24(30)20-14-8-5-9-15-20)25(21-16-10-6-11-17-21)35-26(29)22-18-12-7-13-19-22/h5-19,23,25-26H,3-4H2,1-2H3/t23-,25+,26-/m1/s1. The predicted octanol–water partition coefficient (Wildman–Crippen LogP) is 5.11. The van der Waals surface area contributed by atoms with Gasteiger partial charge in [-0.15, -0.1) is 0 Å². The summed E-state index contributed by atoms with van der Waals surface area (Å²) in [6, 6.07) is 26.7. The number of ketones is 1. The van der Waals surface area contributed by atoms with Crippen molar-refractivity contribution in [2.24, 2.45) is 11.3 Å². The van der Waals surface area contributed by atoms with E-state index in [1.807, 2.05) is 36.4 Å². The first-order valence-electron chi connectivity index (χ1n) is 11.7. The monoisotopic (exact) mass is 472 g/mol. The van der Waals surface area contributed by atoms with Crippen LogP contribution in [-0.2, 0) is 23.8 Å². The van der Waals surface area contributed by atoms with Crippen LogP contribution in [-0.4, -0.2) is 30.9 Å². The Bertz CT molecular complexity index is 1140. The summed E-state index contributed by atoms with van der Waals surface area (Å²) >= 11 is 0. The van der Waals surface area contributed by atoms with Crippen LogP contribution in [0, 0.1) is 11.3 Å². The smallest absolute Gasteiger partial charge is 0.327 e. The van der Waals surface area contributed by atoms with Crippen LogP contribution in [0.3, 0.4) is 0 Å². The van der Waals surface area contributed by atoms with Crippen molar-refractivity contribution >= 4 is 17.7 Å². The molecule has 0 N–H and O–H groups in total. The van der Waals surface area contributed by atoms with Gasteiger partial charge in [0.2, 0.25) is 5.41 Å². The predicted molar refractivity (Wildman–Crippen MR) is 129 cm³/mol. The van der Waals surface area contributed by atoms with Crippen molar-refractivity contribution in [1.82, 2.24) is 0 Å². The van der Waals surface area contributed by atoms with Crippen molar-refractivity contribution in [3.63, 3.8) is 0 Å². The van der Waals surface area contributed by atoms with Gasteiger partial charge in [-0.1, -0.05) is 91.0 Å². The van der Waals surface area contributed by atoms with Crippen LogP contribution in [0.1, 0.15) is 47.5 Å². The largest absolute Gasteiger partial charge is 0.465 e. The third kappa shape index (κ3) is 4.37. The first-order chi connectivity index (χ1) is 17.1. The Hall–Kier alpha value is -3.77. The zero-order chi connectivity index (χ0) is 24.8. The van der Waals surface area contributed by atoms with E-state index in [4.69, 9.17) is 14.2 Å². The molecule has 1 aliphatic heterocycles. The molecule has 4 rings (SSSR count). The van der Waals surface area contributed by atoms with E-state index in [1.54, 1.807) is 68.4 Å². The van der Waals surface area contributed by atoms with Gasteiger partial charge in [0.15, 0.2) is 5.78 Å². The molecule has 1 heterocycles. The fourth-order valence-electron chi connectivity index (χ4n) is 4.80. The first-order valence-corrected chi connectivity index (χ1v) is 11.7. The van der Waals surface area contributed by atoms with Gasteiger partial charge in [-0.3, -0.25) is 14.4 Å². The van der Waals surface area contributed by atoms with E-state index in [2.05, 4.69) is 0 Å². The zero-order valence-electron chi connectivity index (χ0n) is 19.8. The number of carbonyl (C=O) groups excluding carboxylic acids is 3. The molecule has 180 valence electrons. The van der Waals surface area contributed by atoms with E-state index in [0.29, 0.717) is 16.7 Å². The molecule has 0 radical (unpaired) electrons. The number of benzene rings is 3. The molecule has 0 unspecified atom stereocenters. The normalized spacial score (nSPS) is 20.7. The van der Waals surface area contributed by atoms with Gasteiger partial charge >= 0.3 is 11.9 Å². The summed E-state index contributed by atoms with van der Waals surface area (Å²) in [6.07, 6.45) is -1.98. The quantitative estimate of drug-likeness (QED) is 0.258. The van der Waals surface area contributed by atoms with Crippen LogP contribution in [0.25, 0.3) is 0 Å². The highest BCUT2D eigenvalue weighted by Gasteiger charge is 2.70. The molecule has 35 heavy (non-hydrogen) atoms. The Morgan fingerprint density at radius 3 is 1.66 bits per heavy atom. The molecule has 1 fully saturated rings. The molecular weight excluding hydrogens is 444 g/mol.